The van der Waals surface area contributed by atoms with Gasteiger partial charge < -0.3 is 15.3 Å². The highest BCUT2D eigenvalue weighted by Crippen LogP contribution is 2.10. The zero-order valence-corrected chi connectivity index (χ0v) is 15.2. The molecular formula is C13H28IN3OS. The Morgan fingerprint density at radius 1 is 1.37 bits per heavy atom. The van der Waals surface area contributed by atoms with Gasteiger partial charge >= 0.3 is 0 Å². The Balaban J connectivity index is 0.00000324. The van der Waals surface area contributed by atoms with Crippen LogP contribution in [0.4, 0.5) is 0 Å². The number of hydrogen-bond acceptors (Lipinski definition) is 3. The van der Waals surface area contributed by atoms with Gasteiger partial charge in [0.05, 0.1) is 6.10 Å². The standard InChI is InChI=1S/C13H27N3OS.HI/c1-3-14-13(15-8-4-5-11-18-2)16-9-6-12(17)7-10-16;/h12,17H,3-11H2,1-2H3,(H,14,15);1H. The van der Waals surface area contributed by atoms with Crippen molar-refractivity contribution in [3.05, 3.63) is 0 Å². The molecule has 0 amide bonds. The van der Waals surface area contributed by atoms with Crippen LogP contribution in [0.5, 0.6) is 0 Å². The number of halogens is 1. The van der Waals surface area contributed by atoms with Gasteiger partial charge in [-0.1, -0.05) is 0 Å². The summed E-state index contributed by atoms with van der Waals surface area (Å²) in [6, 6.07) is 0. The maximum atomic E-state index is 9.52. The molecule has 6 heteroatoms. The second-order valence-electron chi connectivity index (χ2n) is 4.65. The third-order valence-electron chi connectivity index (χ3n) is 3.12. The van der Waals surface area contributed by atoms with Gasteiger partial charge in [0.2, 0.25) is 0 Å². The molecule has 114 valence electrons. The van der Waals surface area contributed by atoms with E-state index in [1.807, 2.05) is 11.8 Å². The predicted octanol–water partition coefficient (Wildman–Crippen LogP) is 2.17. The molecule has 0 saturated carbocycles. The van der Waals surface area contributed by atoms with Crippen LogP contribution in [0, 0.1) is 0 Å². The Bertz CT molecular complexity index is 246. The van der Waals surface area contributed by atoms with Crippen LogP contribution in [-0.2, 0) is 0 Å². The van der Waals surface area contributed by atoms with Crippen molar-refractivity contribution < 1.29 is 5.11 Å². The topological polar surface area (TPSA) is 47.9 Å². The van der Waals surface area contributed by atoms with Crippen molar-refractivity contribution in [1.29, 1.82) is 0 Å². The van der Waals surface area contributed by atoms with Crippen LogP contribution in [0.1, 0.15) is 32.6 Å². The van der Waals surface area contributed by atoms with Crippen molar-refractivity contribution in [3.63, 3.8) is 0 Å². The lowest BCUT2D eigenvalue weighted by Gasteiger charge is -2.32. The number of nitrogens with one attached hydrogen (secondary N) is 1. The average molecular weight is 401 g/mol. The summed E-state index contributed by atoms with van der Waals surface area (Å²) in [6.07, 6.45) is 6.14. The molecule has 1 aliphatic heterocycles. The van der Waals surface area contributed by atoms with E-state index in [9.17, 15) is 5.11 Å². The van der Waals surface area contributed by atoms with Crippen LogP contribution < -0.4 is 5.32 Å². The molecule has 4 nitrogen and oxygen atoms in total. The molecule has 0 atom stereocenters. The second kappa shape index (κ2) is 12.1. The summed E-state index contributed by atoms with van der Waals surface area (Å²) in [5, 5.41) is 12.9. The fraction of sp³-hybridized carbons (Fsp3) is 0.923. The van der Waals surface area contributed by atoms with Gasteiger partial charge in [-0.15, -0.1) is 24.0 Å². The number of hydrogen-bond donors (Lipinski definition) is 2. The predicted molar refractivity (Wildman–Crippen MR) is 95.8 cm³/mol. The molecule has 0 unspecified atom stereocenters. The first-order chi connectivity index (χ1) is 8.77. The number of likely N-dealkylation sites (tertiary alicyclic amines) is 1. The second-order valence-corrected chi connectivity index (χ2v) is 5.64. The van der Waals surface area contributed by atoms with E-state index in [4.69, 9.17) is 0 Å². The van der Waals surface area contributed by atoms with E-state index in [1.54, 1.807) is 0 Å². The lowest BCUT2D eigenvalue weighted by molar-refractivity contribution is 0.108. The number of aliphatic hydroxyl groups excluding tert-OH is 1. The fourth-order valence-electron chi connectivity index (χ4n) is 2.05. The first-order valence-corrected chi connectivity index (χ1v) is 8.37. The van der Waals surface area contributed by atoms with E-state index in [2.05, 4.69) is 28.4 Å². The normalized spacial score (nSPS) is 17.2. The lowest BCUT2D eigenvalue weighted by Crippen LogP contribution is -2.46. The third kappa shape index (κ3) is 8.24. The van der Waals surface area contributed by atoms with Gasteiger partial charge in [0.1, 0.15) is 0 Å². The molecule has 1 heterocycles. The minimum atomic E-state index is -0.120. The summed E-state index contributed by atoms with van der Waals surface area (Å²) in [4.78, 5) is 6.94. The van der Waals surface area contributed by atoms with E-state index >= 15 is 0 Å². The lowest BCUT2D eigenvalue weighted by atomic mass is 10.1. The number of guanidine groups is 1. The molecule has 0 aromatic carbocycles. The average Bonchev–Trinajstić information content (AvgIpc) is 2.38. The van der Waals surface area contributed by atoms with E-state index in [-0.39, 0.29) is 30.1 Å². The number of nitrogens with zero attached hydrogens (tertiary/aromatic N) is 2. The highest BCUT2D eigenvalue weighted by Gasteiger charge is 2.19. The van der Waals surface area contributed by atoms with Crippen LogP contribution >= 0.6 is 35.7 Å². The summed E-state index contributed by atoms with van der Waals surface area (Å²) in [5.74, 6) is 2.25. The van der Waals surface area contributed by atoms with Crippen LogP contribution in [-0.4, -0.2) is 60.3 Å². The number of thioether (sulfide) groups is 1. The van der Waals surface area contributed by atoms with Crippen molar-refractivity contribution in [2.75, 3.05) is 38.2 Å². The van der Waals surface area contributed by atoms with Crippen LogP contribution in [0.25, 0.3) is 0 Å². The minimum absolute atomic E-state index is 0. The van der Waals surface area contributed by atoms with Crippen molar-refractivity contribution in [3.8, 4) is 0 Å². The van der Waals surface area contributed by atoms with E-state index < -0.39 is 0 Å². The van der Waals surface area contributed by atoms with E-state index in [0.29, 0.717) is 0 Å². The number of piperidine rings is 1. The Morgan fingerprint density at radius 2 is 2.05 bits per heavy atom. The van der Waals surface area contributed by atoms with Crippen LogP contribution in [0.15, 0.2) is 4.99 Å². The summed E-state index contributed by atoms with van der Waals surface area (Å²) in [6.45, 7) is 5.74. The smallest absolute Gasteiger partial charge is 0.193 e. The van der Waals surface area contributed by atoms with Crippen molar-refractivity contribution >= 4 is 41.7 Å². The van der Waals surface area contributed by atoms with Crippen LogP contribution in [0.2, 0.25) is 0 Å². The first-order valence-electron chi connectivity index (χ1n) is 6.98. The third-order valence-corrected chi connectivity index (χ3v) is 3.81. The number of aliphatic imine (C=N–C) groups is 1. The summed E-state index contributed by atoms with van der Waals surface area (Å²) in [7, 11) is 0. The largest absolute Gasteiger partial charge is 0.393 e. The quantitative estimate of drug-likeness (QED) is 0.310. The first kappa shape index (κ1) is 19.3. The molecule has 1 fully saturated rings. The van der Waals surface area contributed by atoms with Gasteiger partial charge in [-0.05, 0) is 44.6 Å². The number of rotatable bonds is 6. The Hall–Kier alpha value is 0.310. The summed E-state index contributed by atoms with van der Waals surface area (Å²) < 4.78 is 0. The molecule has 1 rings (SSSR count). The van der Waals surface area contributed by atoms with Gasteiger partial charge in [-0.25, -0.2) is 0 Å². The zero-order valence-electron chi connectivity index (χ0n) is 12.1. The highest BCUT2D eigenvalue weighted by molar-refractivity contribution is 14.0. The molecule has 0 aliphatic carbocycles. The van der Waals surface area contributed by atoms with Crippen LogP contribution in [0.3, 0.4) is 0 Å². The Morgan fingerprint density at radius 3 is 2.63 bits per heavy atom. The zero-order chi connectivity index (χ0) is 13.2. The van der Waals surface area contributed by atoms with E-state index in [1.165, 1.54) is 12.2 Å². The molecular weight excluding hydrogens is 373 g/mol. The minimum Gasteiger partial charge on any atom is -0.393 e. The van der Waals surface area contributed by atoms with Gasteiger partial charge in [0.15, 0.2) is 5.96 Å². The van der Waals surface area contributed by atoms with Gasteiger partial charge in [-0.2, -0.15) is 11.8 Å². The number of aliphatic hydroxyl groups is 1. The molecule has 19 heavy (non-hydrogen) atoms. The summed E-state index contributed by atoms with van der Waals surface area (Å²) in [5.41, 5.74) is 0. The fourth-order valence-corrected chi connectivity index (χ4v) is 2.54. The molecule has 1 saturated heterocycles. The highest BCUT2D eigenvalue weighted by atomic mass is 127. The van der Waals surface area contributed by atoms with Crippen molar-refractivity contribution in [2.24, 2.45) is 4.99 Å². The molecule has 1 aliphatic rings. The van der Waals surface area contributed by atoms with Gasteiger partial charge in [-0.3, -0.25) is 4.99 Å². The molecule has 0 spiro atoms. The Labute approximate surface area is 138 Å². The molecule has 0 aromatic rings. The Kier molecular flexibility index (Phi) is 12.3. The maximum Gasteiger partial charge on any atom is 0.193 e. The van der Waals surface area contributed by atoms with Crippen molar-refractivity contribution in [1.82, 2.24) is 10.2 Å². The summed E-state index contributed by atoms with van der Waals surface area (Å²) >= 11 is 1.90. The van der Waals surface area contributed by atoms with Crippen molar-refractivity contribution in [2.45, 2.75) is 38.7 Å². The number of unbranched alkanes of at least 4 members (excludes halogenated alkanes) is 1. The monoisotopic (exact) mass is 401 g/mol. The molecule has 2 N–H and O–H groups in total. The van der Waals surface area contributed by atoms with Gasteiger partial charge in [0.25, 0.3) is 0 Å². The molecule has 0 radical (unpaired) electrons. The SMILES string of the molecule is CCNC(=NCCCCSC)N1CCC(O)CC1.I. The molecule has 0 aromatic heterocycles. The molecule has 0 bridgehead atoms. The maximum absolute atomic E-state index is 9.52. The van der Waals surface area contributed by atoms with Gasteiger partial charge in [0, 0.05) is 26.2 Å². The van der Waals surface area contributed by atoms with E-state index in [0.717, 1.165) is 51.4 Å².